The molecule has 2 aromatic heterocycles. The number of anilines is 1. The molecule has 0 amide bonds. The number of hydrogen-bond acceptors (Lipinski definition) is 2. The molecule has 0 N–H and O–H groups in total. The maximum Gasteiger partial charge on any atom is 0.161 e. The van der Waals surface area contributed by atoms with Gasteiger partial charge in [-0.15, -0.1) is 0 Å². The number of benzene rings is 2. The van der Waals surface area contributed by atoms with Crippen LogP contribution in [0.3, 0.4) is 0 Å². The zero-order valence-corrected chi connectivity index (χ0v) is 16.3. The average molecular weight is 402 g/mol. The first-order chi connectivity index (χ1) is 14.7. The molecule has 30 heavy (non-hydrogen) atoms. The van der Waals surface area contributed by atoms with Crippen LogP contribution in [-0.2, 0) is 6.54 Å². The fourth-order valence-corrected chi connectivity index (χ4v) is 4.58. The van der Waals surface area contributed by atoms with Crippen molar-refractivity contribution in [1.82, 2.24) is 14.1 Å². The van der Waals surface area contributed by atoms with E-state index in [1.54, 1.807) is 18.3 Å². The molecule has 1 saturated heterocycles. The van der Waals surface area contributed by atoms with Gasteiger partial charge in [-0.3, -0.25) is 4.57 Å². The van der Waals surface area contributed by atoms with Gasteiger partial charge < -0.3 is 9.47 Å². The monoisotopic (exact) mass is 402 g/mol. The van der Waals surface area contributed by atoms with E-state index in [9.17, 15) is 8.78 Å². The molecule has 4 nitrogen and oxygen atoms in total. The summed E-state index contributed by atoms with van der Waals surface area (Å²) in [5, 5.41) is 0. The third kappa shape index (κ3) is 2.75. The van der Waals surface area contributed by atoms with Crippen molar-refractivity contribution in [3.8, 4) is 28.3 Å². The summed E-state index contributed by atoms with van der Waals surface area (Å²) in [6.45, 7) is 1.90. The van der Waals surface area contributed by atoms with Crippen LogP contribution < -0.4 is 4.90 Å². The normalized spacial score (nSPS) is 17.4. The number of hydrogen-bond donors (Lipinski definition) is 0. The predicted octanol–water partition coefficient (Wildman–Crippen LogP) is 5.06. The third-order valence-electron chi connectivity index (χ3n) is 6.10. The fourth-order valence-electron chi connectivity index (χ4n) is 4.58. The van der Waals surface area contributed by atoms with Crippen LogP contribution in [0.5, 0.6) is 0 Å². The summed E-state index contributed by atoms with van der Waals surface area (Å²) in [5.74, 6) is 0.633. The SMILES string of the molecule is Fc1ccc(-c2cc3n(c2)Cc2cc(N4CCC(F)C4)ccc2-n2ccnc2-3)cc1. The maximum absolute atomic E-state index is 13.7. The highest BCUT2D eigenvalue weighted by Crippen LogP contribution is 2.35. The van der Waals surface area contributed by atoms with E-state index in [1.165, 1.54) is 12.1 Å². The molecule has 1 atom stereocenters. The Kier molecular flexibility index (Phi) is 3.81. The molecule has 0 aliphatic carbocycles. The van der Waals surface area contributed by atoms with E-state index in [-0.39, 0.29) is 5.82 Å². The van der Waals surface area contributed by atoms with Crippen molar-refractivity contribution < 1.29 is 8.78 Å². The van der Waals surface area contributed by atoms with Gasteiger partial charge in [0.1, 0.15) is 12.0 Å². The van der Waals surface area contributed by atoms with Crippen molar-refractivity contribution in [3.63, 3.8) is 0 Å². The Balaban J connectivity index is 1.46. The molecule has 2 aliphatic heterocycles. The van der Waals surface area contributed by atoms with Gasteiger partial charge in [-0.1, -0.05) is 12.1 Å². The van der Waals surface area contributed by atoms with Crippen LogP contribution >= 0.6 is 0 Å². The molecule has 0 spiro atoms. The first-order valence-corrected chi connectivity index (χ1v) is 10.2. The highest BCUT2D eigenvalue weighted by molar-refractivity contribution is 5.72. The quantitative estimate of drug-likeness (QED) is 0.413. The van der Waals surface area contributed by atoms with Crippen LogP contribution in [0.2, 0.25) is 0 Å². The highest BCUT2D eigenvalue weighted by Gasteiger charge is 2.25. The molecular weight excluding hydrogens is 382 g/mol. The largest absolute Gasteiger partial charge is 0.368 e. The summed E-state index contributed by atoms with van der Waals surface area (Å²) in [6, 6.07) is 15.0. The molecule has 0 radical (unpaired) electrons. The summed E-state index contributed by atoms with van der Waals surface area (Å²) in [7, 11) is 0. The lowest BCUT2D eigenvalue weighted by atomic mass is 10.1. The van der Waals surface area contributed by atoms with Gasteiger partial charge >= 0.3 is 0 Å². The van der Waals surface area contributed by atoms with Crippen LogP contribution in [0.15, 0.2) is 67.1 Å². The van der Waals surface area contributed by atoms with Crippen molar-refractivity contribution in [3.05, 3.63) is 78.5 Å². The Morgan fingerprint density at radius 3 is 2.67 bits per heavy atom. The molecule has 2 aliphatic rings. The summed E-state index contributed by atoms with van der Waals surface area (Å²) >= 11 is 0. The van der Waals surface area contributed by atoms with E-state index in [1.807, 2.05) is 6.20 Å². The molecule has 4 aromatic rings. The van der Waals surface area contributed by atoms with Crippen LogP contribution in [-0.4, -0.2) is 33.4 Å². The van der Waals surface area contributed by atoms with E-state index in [0.29, 0.717) is 19.5 Å². The van der Waals surface area contributed by atoms with Crippen molar-refractivity contribution in [2.75, 3.05) is 18.0 Å². The molecule has 1 unspecified atom stereocenters. The van der Waals surface area contributed by atoms with Crippen molar-refractivity contribution in [2.45, 2.75) is 19.1 Å². The minimum Gasteiger partial charge on any atom is -0.368 e. The minimum absolute atomic E-state index is 0.242. The minimum atomic E-state index is -0.751. The molecule has 1 fully saturated rings. The Labute approximate surface area is 173 Å². The van der Waals surface area contributed by atoms with Gasteiger partial charge in [-0.25, -0.2) is 13.8 Å². The number of fused-ring (bicyclic) bond motifs is 5. The number of aromatic nitrogens is 3. The number of alkyl halides is 1. The Morgan fingerprint density at radius 1 is 1.00 bits per heavy atom. The molecule has 6 rings (SSSR count). The molecular formula is C24H20F2N4. The van der Waals surface area contributed by atoms with Crippen molar-refractivity contribution in [2.24, 2.45) is 0 Å². The second kappa shape index (κ2) is 6.55. The zero-order chi connectivity index (χ0) is 20.2. The zero-order valence-electron chi connectivity index (χ0n) is 16.3. The number of halogens is 2. The van der Waals surface area contributed by atoms with E-state index < -0.39 is 6.17 Å². The van der Waals surface area contributed by atoms with E-state index in [4.69, 9.17) is 0 Å². The Morgan fingerprint density at radius 2 is 1.87 bits per heavy atom. The predicted molar refractivity (Wildman–Crippen MR) is 113 cm³/mol. The summed E-state index contributed by atoms with van der Waals surface area (Å²) < 4.78 is 31.4. The van der Waals surface area contributed by atoms with Crippen LogP contribution in [0, 0.1) is 5.82 Å². The Bertz CT molecular complexity index is 1240. The van der Waals surface area contributed by atoms with Gasteiger partial charge in [-0.05, 0) is 53.9 Å². The number of rotatable bonds is 2. The molecule has 0 bridgehead atoms. The molecule has 4 heterocycles. The number of nitrogens with zero attached hydrogens (tertiary/aromatic N) is 4. The van der Waals surface area contributed by atoms with Gasteiger partial charge in [0.25, 0.3) is 0 Å². The maximum atomic E-state index is 13.7. The first-order valence-electron chi connectivity index (χ1n) is 10.2. The van der Waals surface area contributed by atoms with E-state index in [0.717, 1.165) is 46.1 Å². The lowest BCUT2D eigenvalue weighted by Crippen LogP contribution is -2.20. The van der Waals surface area contributed by atoms with Gasteiger partial charge in [0.15, 0.2) is 5.82 Å². The fraction of sp³-hybridized carbons (Fsp3) is 0.208. The van der Waals surface area contributed by atoms with Crippen molar-refractivity contribution in [1.29, 1.82) is 0 Å². The second-order valence-corrected chi connectivity index (χ2v) is 8.01. The molecule has 150 valence electrons. The van der Waals surface area contributed by atoms with E-state index >= 15 is 0 Å². The highest BCUT2D eigenvalue weighted by atomic mass is 19.1. The molecule has 6 heteroatoms. The van der Waals surface area contributed by atoms with Crippen LogP contribution in [0.1, 0.15) is 12.0 Å². The first kappa shape index (κ1) is 17.4. The average Bonchev–Trinajstić information content (AvgIpc) is 3.47. The lowest BCUT2D eigenvalue weighted by molar-refractivity contribution is 0.364. The lowest BCUT2D eigenvalue weighted by Gasteiger charge is -2.20. The van der Waals surface area contributed by atoms with Gasteiger partial charge in [0.05, 0.1) is 11.4 Å². The summed E-state index contributed by atoms with van der Waals surface area (Å²) in [5.41, 5.74) is 6.32. The van der Waals surface area contributed by atoms with Crippen molar-refractivity contribution >= 4 is 5.69 Å². The Hall–Kier alpha value is -3.41. The van der Waals surface area contributed by atoms with Crippen LogP contribution in [0.4, 0.5) is 14.5 Å². The van der Waals surface area contributed by atoms with Gasteiger partial charge in [0.2, 0.25) is 0 Å². The van der Waals surface area contributed by atoms with Gasteiger partial charge in [0, 0.05) is 49.5 Å². The number of imidazole rings is 1. The molecule has 2 aromatic carbocycles. The second-order valence-electron chi connectivity index (χ2n) is 8.01. The smallest absolute Gasteiger partial charge is 0.161 e. The topological polar surface area (TPSA) is 26.0 Å². The third-order valence-corrected chi connectivity index (χ3v) is 6.10. The van der Waals surface area contributed by atoms with E-state index in [2.05, 4.69) is 49.5 Å². The van der Waals surface area contributed by atoms with Crippen LogP contribution in [0.25, 0.3) is 28.3 Å². The molecule has 0 saturated carbocycles. The summed E-state index contributed by atoms with van der Waals surface area (Å²) in [6.07, 6.45) is 5.71. The summed E-state index contributed by atoms with van der Waals surface area (Å²) in [4.78, 5) is 6.73. The van der Waals surface area contributed by atoms with Gasteiger partial charge in [-0.2, -0.15) is 0 Å². The standard InChI is InChI=1S/C24H20F2N4/c25-19-3-1-16(2-4-19)17-12-23-24-27-8-10-30(24)22-6-5-21(28-9-7-20(26)15-28)11-18(22)14-29(23)13-17/h1-6,8,10-13,20H,7,9,14-15H2.